The number of hydrogen-bond acceptors (Lipinski definition) is 2. The van der Waals surface area contributed by atoms with E-state index in [2.05, 4.69) is 15.9 Å². The fraction of sp³-hybridized carbons (Fsp3) is 0.300. The van der Waals surface area contributed by atoms with Gasteiger partial charge in [-0.3, -0.25) is 4.79 Å². The van der Waals surface area contributed by atoms with Crippen molar-refractivity contribution >= 4 is 21.8 Å². The van der Waals surface area contributed by atoms with E-state index in [0.717, 1.165) is 6.07 Å². The fourth-order valence-electron chi connectivity index (χ4n) is 0.985. The van der Waals surface area contributed by atoms with Crippen molar-refractivity contribution in [3.63, 3.8) is 0 Å². The zero-order valence-electron chi connectivity index (χ0n) is 8.85. The highest BCUT2D eigenvalue weighted by Crippen LogP contribution is 2.21. The number of ether oxygens (including phenoxy) is 1. The SMILES string of the molecule is O=C(COc1ccc(Br)cc1F)NCC(F)(F)F. The molecular weight excluding hydrogens is 322 g/mol. The van der Waals surface area contributed by atoms with Gasteiger partial charge in [0.2, 0.25) is 0 Å². The molecule has 1 rings (SSSR count). The summed E-state index contributed by atoms with van der Waals surface area (Å²) in [5, 5.41) is 1.60. The molecule has 8 heteroatoms. The molecule has 1 amide bonds. The number of rotatable bonds is 4. The Labute approximate surface area is 108 Å². The maximum Gasteiger partial charge on any atom is 0.405 e. The Morgan fingerprint density at radius 3 is 2.61 bits per heavy atom. The first kappa shape index (κ1) is 14.7. The number of benzene rings is 1. The zero-order valence-corrected chi connectivity index (χ0v) is 10.4. The van der Waals surface area contributed by atoms with Gasteiger partial charge in [-0.25, -0.2) is 4.39 Å². The number of nitrogens with one attached hydrogen (secondary N) is 1. The molecule has 100 valence electrons. The van der Waals surface area contributed by atoms with E-state index in [9.17, 15) is 22.4 Å². The second-order valence-corrected chi connectivity index (χ2v) is 4.17. The third-order valence-electron chi connectivity index (χ3n) is 1.74. The Hall–Kier alpha value is -1.31. The summed E-state index contributed by atoms with van der Waals surface area (Å²) in [5.41, 5.74) is 0. The minimum Gasteiger partial charge on any atom is -0.481 e. The van der Waals surface area contributed by atoms with Crippen LogP contribution in [0.25, 0.3) is 0 Å². The molecule has 0 atom stereocenters. The molecule has 1 N–H and O–H groups in total. The summed E-state index contributed by atoms with van der Waals surface area (Å²) >= 11 is 3.02. The van der Waals surface area contributed by atoms with Crippen molar-refractivity contribution in [1.29, 1.82) is 0 Å². The second kappa shape index (κ2) is 6.03. The van der Waals surface area contributed by atoms with E-state index in [4.69, 9.17) is 4.74 Å². The molecule has 0 bridgehead atoms. The van der Waals surface area contributed by atoms with Crippen molar-refractivity contribution in [1.82, 2.24) is 5.32 Å². The van der Waals surface area contributed by atoms with Crippen molar-refractivity contribution in [2.75, 3.05) is 13.2 Å². The van der Waals surface area contributed by atoms with E-state index in [1.807, 2.05) is 0 Å². The highest BCUT2D eigenvalue weighted by molar-refractivity contribution is 9.10. The maximum absolute atomic E-state index is 13.2. The molecule has 1 aromatic carbocycles. The Kier molecular flexibility index (Phi) is 4.94. The quantitative estimate of drug-likeness (QED) is 0.862. The van der Waals surface area contributed by atoms with Crippen LogP contribution in [-0.2, 0) is 4.79 Å². The van der Waals surface area contributed by atoms with Gasteiger partial charge in [0.25, 0.3) is 5.91 Å². The summed E-state index contributed by atoms with van der Waals surface area (Å²) < 4.78 is 53.7. The molecule has 0 unspecified atom stereocenters. The minimum atomic E-state index is -4.49. The fourth-order valence-corrected chi connectivity index (χ4v) is 1.32. The van der Waals surface area contributed by atoms with Crippen molar-refractivity contribution in [2.24, 2.45) is 0 Å². The lowest BCUT2D eigenvalue weighted by Gasteiger charge is -2.10. The molecule has 0 aliphatic carbocycles. The second-order valence-electron chi connectivity index (χ2n) is 3.26. The molecule has 0 heterocycles. The predicted molar refractivity (Wildman–Crippen MR) is 58.7 cm³/mol. The van der Waals surface area contributed by atoms with Gasteiger partial charge < -0.3 is 10.1 Å². The minimum absolute atomic E-state index is 0.208. The highest BCUT2D eigenvalue weighted by Gasteiger charge is 2.27. The highest BCUT2D eigenvalue weighted by atomic mass is 79.9. The average molecular weight is 330 g/mol. The summed E-state index contributed by atoms with van der Waals surface area (Å²) in [6.07, 6.45) is -4.49. The molecule has 0 saturated carbocycles. The van der Waals surface area contributed by atoms with Crippen molar-refractivity contribution < 1.29 is 27.1 Å². The molecule has 0 aliphatic heterocycles. The smallest absolute Gasteiger partial charge is 0.405 e. The Bertz CT molecular complexity index is 436. The van der Waals surface area contributed by atoms with Crippen LogP contribution in [0.5, 0.6) is 5.75 Å². The van der Waals surface area contributed by atoms with Crippen molar-refractivity contribution in [3.8, 4) is 5.75 Å². The number of carbonyl (C=O) groups excluding carboxylic acids is 1. The van der Waals surface area contributed by atoms with Gasteiger partial charge in [-0.1, -0.05) is 15.9 Å². The molecule has 1 aromatic rings. The molecule has 3 nitrogen and oxygen atoms in total. The van der Waals surface area contributed by atoms with Crippen LogP contribution in [0.4, 0.5) is 17.6 Å². The molecule has 0 aliphatic rings. The van der Waals surface area contributed by atoms with Gasteiger partial charge in [-0.15, -0.1) is 0 Å². The number of hydrogen-bond donors (Lipinski definition) is 1. The van der Waals surface area contributed by atoms with Gasteiger partial charge in [0.1, 0.15) is 6.54 Å². The van der Waals surface area contributed by atoms with Gasteiger partial charge in [0.15, 0.2) is 18.2 Å². The van der Waals surface area contributed by atoms with Crippen molar-refractivity contribution in [2.45, 2.75) is 6.18 Å². The lowest BCUT2D eigenvalue weighted by molar-refractivity contribution is -0.139. The van der Waals surface area contributed by atoms with E-state index >= 15 is 0 Å². The summed E-state index contributed by atoms with van der Waals surface area (Å²) in [4.78, 5) is 11.0. The van der Waals surface area contributed by atoms with E-state index < -0.39 is 31.1 Å². The normalized spacial score (nSPS) is 11.2. The molecule has 0 radical (unpaired) electrons. The summed E-state index contributed by atoms with van der Waals surface area (Å²) in [5.74, 6) is -1.90. The van der Waals surface area contributed by atoms with Crippen LogP contribution in [0, 0.1) is 5.82 Å². The van der Waals surface area contributed by atoms with Gasteiger partial charge >= 0.3 is 6.18 Å². The van der Waals surface area contributed by atoms with Gasteiger partial charge in [-0.2, -0.15) is 13.2 Å². The van der Waals surface area contributed by atoms with Gasteiger partial charge in [-0.05, 0) is 18.2 Å². The largest absolute Gasteiger partial charge is 0.481 e. The van der Waals surface area contributed by atoms with Crippen LogP contribution in [0.2, 0.25) is 0 Å². The Balaban J connectivity index is 2.43. The standard InChI is InChI=1S/C10H8BrF4NO2/c11-6-1-2-8(7(12)3-6)18-4-9(17)16-5-10(13,14)15/h1-3H,4-5H2,(H,16,17). The van der Waals surface area contributed by atoms with E-state index in [1.165, 1.54) is 12.1 Å². The first-order valence-electron chi connectivity index (χ1n) is 4.69. The van der Waals surface area contributed by atoms with Gasteiger partial charge in [0, 0.05) is 4.47 Å². The lowest BCUT2D eigenvalue weighted by atomic mass is 10.3. The number of amides is 1. The molecular formula is C10H8BrF4NO2. The van der Waals surface area contributed by atoms with Crippen LogP contribution in [-0.4, -0.2) is 25.2 Å². The number of carbonyl (C=O) groups is 1. The first-order chi connectivity index (χ1) is 8.28. The molecule has 0 saturated heterocycles. The zero-order chi connectivity index (χ0) is 13.8. The molecule has 18 heavy (non-hydrogen) atoms. The summed E-state index contributed by atoms with van der Waals surface area (Å²) in [6, 6.07) is 3.85. The monoisotopic (exact) mass is 329 g/mol. The molecule has 0 aromatic heterocycles. The third kappa shape index (κ3) is 5.35. The Morgan fingerprint density at radius 2 is 2.06 bits per heavy atom. The summed E-state index contributed by atoms with van der Waals surface area (Å²) in [6.45, 7) is -2.13. The molecule has 0 spiro atoms. The predicted octanol–water partition coefficient (Wildman–Crippen LogP) is 2.65. The van der Waals surface area contributed by atoms with Crippen LogP contribution >= 0.6 is 15.9 Å². The van der Waals surface area contributed by atoms with Crippen LogP contribution in [0.15, 0.2) is 22.7 Å². The number of alkyl halides is 3. The average Bonchev–Trinajstić information content (AvgIpc) is 2.24. The summed E-state index contributed by atoms with van der Waals surface area (Å²) in [7, 11) is 0. The lowest BCUT2D eigenvalue weighted by Crippen LogP contribution is -2.36. The molecule has 0 fully saturated rings. The van der Waals surface area contributed by atoms with E-state index in [-0.39, 0.29) is 5.75 Å². The topological polar surface area (TPSA) is 38.3 Å². The number of halogens is 5. The van der Waals surface area contributed by atoms with Crippen LogP contribution in [0.1, 0.15) is 0 Å². The van der Waals surface area contributed by atoms with Crippen LogP contribution < -0.4 is 10.1 Å². The van der Waals surface area contributed by atoms with Gasteiger partial charge in [0.05, 0.1) is 0 Å². The first-order valence-corrected chi connectivity index (χ1v) is 5.48. The van der Waals surface area contributed by atoms with Crippen molar-refractivity contribution in [3.05, 3.63) is 28.5 Å². The maximum atomic E-state index is 13.2. The van der Waals surface area contributed by atoms with E-state index in [0.29, 0.717) is 4.47 Å². The third-order valence-corrected chi connectivity index (χ3v) is 2.23. The Morgan fingerprint density at radius 1 is 1.39 bits per heavy atom. The van der Waals surface area contributed by atoms with Crippen LogP contribution in [0.3, 0.4) is 0 Å². The van der Waals surface area contributed by atoms with E-state index in [1.54, 1.807) is 5.32 Å².